The van der Waals surface area contributed by atoms with Crippen LogP contribution in [0.4, 0.5) is 5.69 Å². The number of hydrogen-bond donors (Lipinski definition) is 1. The Bertz CT molecular complexity index is 345. The first kappa shape index (κ1) is 9.06. The molecule has 1 aromatic carbocycles. The molecule has 3 nitrogen and oxygen atoms in total. The van der Waals surface area contributed by atoms with E-state index in [2.05, 4.69) is 11.4 Å². The lowest BCUT2D eigenvalue weighted by molar-refractivity contribution is -0.117. The molecular weight excluding hydrogens is 178 g/mol. The van der Waals surface area contributed by atoms with Gasteiger partial charge in [0.1, 0.15) is 5.75 Å². The fourth-order valence-corrected chi connectivity index (χ4v) is 1.27. The van der Waals surface area contributed by atoms with Gasteiger partial charge in [0.25, 0.3) is 0 Å². The summed E-state index contributed by atoms with van der Waals surface area (Å²) in [5.41, 5.74) is 0.701. The van der Waals surface area contributed by atoms with Crippen LogP contribution in [0, 0.1) is 12.0 Å². The fourth-order valence-electron chi connectivity index (χ4n) is 1.27. The average Bonchev–Trinajstić information content (AvgIpc) is 3.02. The zero-order valence-electron chi connectivity index (χ0n) is 8.04. The molecule has 1 aromatic rings. The minimum atomic E-state index is 0.0860. The van der Waals surface area contributed by atoms with Crippen LogP contribution in [0.1, 0.15) is 12.8 Å². The highest BCUT2D eigenvalue weighted by Crippen LogP contribution is 2.31. The van der Waals surface area contributed by atoms with Gasteiger partial charge < -0.3 is 10.1 Å². The molecule has 73 valence electrons. The summed E-state index contributed by atoms with van der Waals surface area (Å²) < 4.78 is 5.11. The Kier molecular flexibility index (Phi) is 2.39. The lowest BCUT2D eigenvalue weighted by atomic mass is 10.2. The molecule has 1 radical (unpaired) electrons. The molecule has 3 heteroatoms. The van der Waals surface area contributed by atoms with Crippen LogP contribution in [-0.2, 0) is 4.79 Å². The minimum Gasteiger partial charge on any atom is -0.495 e. The molecule has 2 rings (SSSR count). The van der Waals surface area contributed by atoms with Gasteiger partial charge in [-0.05, 0) is 31.0 Å². The van der Waals surface area contributed by atoms with Gasteiger partial charge >= 0.3 is 0 Å². The van der Waals surface area contributed by atoms with Crippen LogP contribution in [0.25, 0.3) is 0 Å². The lowest BCUT2D eigenvalue weighted by Crippen LogP contribution is -2.13. The van der Waals surface area contributed by atoms with Crippen LogP contribution >= 0.6 is 0 Å². The quantitative estimate of drug-likeness (QED) is 0.789. The fraction of sp³-hybridized carbons (Fsp3) is 0.364. The molecule has 0 aliphatic heterocycles. The van der Waals surface area contributed by atoms with Gasteiger partial charge in [0, 0.05) is 5.92 Å². The van der Waals surface area contributed by atoms with Crippen LogP contribution in [-0.4, -0.2) is 13.0 Å². The normalized spacial score (nSPS) is 14.9. The highest BCUT2D eigenvalue weighted by Gasteiger charge is 2.29. The number of carbonyl (C=O) groups excluding carboxylic acids is 1. The van der Waals surface area contributed by atoms with E-state index >= 15 is 0 Å². The largest absolute Gasteiger partial charge is 0.495 e. The third-order valence-electron chi connectivity index (χ3n) is 2.25. The standard InChI is InChI=1S/C11H12NO2/c1-14-10-5-3-2-4-9(10)12-11(13)8-6-7-8/h3-5,8H,6-7H2,1H3,(H,12,13). The highest BCUT2D eigenvalue weighted by molar-refractivity contribution is 5.95. The van der Waals surface area contributed by atoms with Crippen LogP contribution in [0.2, 0.25) is 0 Å². The van der Waals surface area contributed by atoms with Crippen molar-refractivity contribution < 1.29 is 9.53 Å². The SMILES string of the molecule is COc1cc[c]cc1NC(=O)C1CC1. The number of methoxy groups -OCH3 is 1. The van der Waals surface area contributed by atoms with E-state index < -0.39 is 0 Å². The summed E-state index contributed by atoms with van der Waals surface area (Å²) in [7, 11) is 1.59. The van der Waals surface area contributed by atoms with Gasteiger partial charge in [-0.1, -0.05) is 6.07 Å². The van der Waals surface area contributed by atoms with Crippen molar-refractivity contribution in [2.24, 2.45) is 5.92 Å². The molecule has 0 aromatic heterocycles. The predicted molar refractivity (Wildman–Crippen MR) is 53.2 cm³/mol. The Morgan fingerprint density at radius 1 is 1.64 bits per heavy atom. The molecule has 1 aliphatic carbocycles. The third kappa shape index (κ3) is 1.87. The number of anilines is 1. The van der Waals surface area contributed by atoms with Gasteiger partial charge in [0.2, 0.25) is 5.91 Å². The topological polar surface area (TPSA) is 38.3 Å². The molecule has 0 atom stereocenters. The Hall–Kier alpha value is -1.51. The van der Waals surface area contributed by atoms with Gasteiger partial charge in [-0.25, -0.2) is 0 Å². The number of benzene rings is 1. The predicted octanol–water partition coefficient (Wildman–Crippen LogP) is 1.84. The Morgan fingerprint density at radius 3 is 3.07 bits per heavy atom. The number of ether oxygens (including phenoxy) is 1. The van der Waals surface area contributed by atoms with Crippen molar-refractivity contribution in [3.05, 3.63) is 24.3 Å². The molecule has 0 spiro atoms. The second kappa shape index (κ2) is 3.70. The van der Waals surface area contributed by atoms with E-state index in [1.54, 1.807) is 25.3 Å². The van der Waals surface area contributed by atoms with E-state index in [9.17, 15) is 4.79 Å². The summed E-state index contributed by atoms with van der Waals surface area (Å²) in [5.74, 6) is 0.973. The first-order valence-electron chi connectivity index (χ1n) is 4.66. The van der Waals surface area contributed by atoms with Crippen molar-refractivity contribution in [1.82, 2.24) is 0 Å². The van der Waals surface area contributed by atoms with Crippen LogP contribution in [0.15, 0.2) is 18.2 Å². The van der Waals surface area contributed by atoms with Crippen molar-refractivity contribution in [2.75, 3.05) is 12.4 Å². The Balaban J connectivity index is 2.10. The second-order valence-corrected chi connectivity index (χ2v) is 3.39. The van der Waals surface area contributed by atoms with Gasteiger partial charge in [-0.3, -0.25) is 4.79 Å². The number of hydrogen-bond acceptors (Lipinski definition) is 2. The van der Waals surface area contributed by atoms with Gasteiger partial charge in [-0.15, -0.1) is 0 Å². The van der Waals surface area contributed by atoms with Crippen LogP contribution < -0.4 is 10.1 Å². The number of rotatable bonds is 3. The maximum atomic E-state index is 11.5. The van der Waals surface area contributed by atoms with E-state index in [4.69, 9.17) is 4.74 Å². The van der Waals surface area contributed by atoms with Gasteiger partial charge in [-0.2, -0.15) is 0 Å². The number of amides is 1. The minimum absolute atomic E-state index is 0.0860. The molecule has 1 saturated carbocycles. The zero-order chi connectivity index (χ0) is 9.97. The van der Waals surface area contributed by atoms with Crippen molar-refractivity contribution in [2.45, 2.75) is 12.8 Å². The van der Waals surface area contributed by atoms with E-state index in [0.29, 0.717) is 11.4 Å². The molecule has 1 amide bonds. The van der Waals surface area contributed by atoms with Crippen LogP contribution in [0.5, 0.6) is 5.75 Å². The first-order valence-corrected chi connectivity index (χ1v) is 4.66. The summed E-state index contributed by atoms with van der Waals surface area (Å²) in [6.07, 6.45) is 2.01. The van der Waals surface area contributed by atoms with Gasteiger partial charge in [0.05, 0.1) is 12.8 Å². The molecular formula is C11H12NO2. The van der Waals surface area contributed by atoms with E-state index in [1.165, 1.54) is 0 Å². The zero-order valence-corrected chi connectivity index (χ0v) is 8.04. The second-order valence-electron chi connectivity index (χ2n) is 3.39. The maximum absolute atomic E-state index is 11.5. The molecule has 0 bridgehead atoms. The lowest BCUT2D eigenvalue weighted by Gasteiger charge is -2.08. The summed E-state index contributed by atoms with van der Waals surface area (Å²) in [5, 5.41) is 2.83. The number of nitrogens with one attached hydrogen (secondary N) is 1. The molecule has 1 aliphatic rings. The van der Waals surface area contributed by atoms with E-state index in [0.717, 1.165) is 12.8 Å². The number of carbonyl (C=O) groups is 1. The van der Waals surface area contributed by atoms with Crippen molar-refractivity contribution in [3.63, 3.8) is 0 Å². The van der Waals surface area contributed by atoms with Gasteiger partial charge in [0.15, 0.2) is 0 Å². The maximum Gasteiger partial charge on any atom is 0.227 e. The van der Waals surface area contributed by atoms with Crippen LogP contribution in [0.3, 0.4) is 0 Å². The molecule has 14 heavy (non-hydrogen) atoms. The molecule has 0 heterocycles. The van der Waals surface area contributed by atoms with Crippen molar-refractivity contribution >= 4 is 11.6 Å². The Morgan fingerprint density at radius 2 is 2.43 bits per heavy atom. The highest BCUT2D eigenvalue weighted by atomic mass is 16.5. The van der Waals surface area contributed by atoms with E-state index in [-0.39, 0.29) is 11.8 Å². The molecule has 1 fully saturated rings. The first-order chi connectivity index (χ1) is 6.81. The molecule has 0 unspecified atom stereocenters. The molecule has 1 N–H and O–H groups in total. The van der Waals surface area contributed by atoms with E-state index in [1.807, 2.05) is 0 Å². The van der Waals surface area contributed by atoms with Crippen molar-refractivity contribution in [1.29, 1.82) is 0 Å². The van der Waals surface area contributed by atoms with Crippen molar-refractivity contribution in [3.8, 4) is 5.75 Å². The Labute approximate surface area is 83.1 Å². The summed E-state index contributed by atoms with van der Waals surface area (Å²) in [6, 6.07) is 8.16. The summed E-state index contributed by atoms with van der Waals surface area (Å²) >= 11 is 0. The smallest absolute Gasteiger partial charge is 0.227 e. The summed E-state index contributed by atoms with van der Waals surface area (Å²) in [4.78, 5) is 11.5. The monoisotopic (exact) mass is 190 g/mol. The average molecular weight is 190 g/mol. The molecule has 0 saturated heterocycles. The summed E-state index contributed by atoms with van der Waals surface area (Å²) in [6.45, 7) is 0. The third-order valence-corrected chi connectivity index (χ3v) is 2.25.